The van der Waals surface area contributed by atoms with Crippen LogP contribution in [0.25, 0.3) is 0 Å². The van der Waals surface area contributed by atoms with Crippen molar-refractivity contribution in [2.24, 2.45) is 0 Å². The first kappa shape index (κ1) is 35.5. The van der Waals surface area contributed by atoms with E-state index in [1.165, 1.54) is 0 Å². The summed E-state index contributed by atoms with van der Waals surface area (Å²) in [6.45, 7) is 1.57. The Labute approximate surface area is 59.4 Å². The molecule has 0 atom stereocenters. The lowest BCUT2D eigenvalue weighted by atomic mass is 10.9. The fourth-order valence-corrected chi connectivity index (χ4v) is 0. The summed E-state index contributed by atoms with van der Waals surface area (Å²) in [5.41, 5.74) is 0. The molecule has 0 aromatic heterocycles. The van der Waals surface area contributed by atoms with Crippen molar-refractivity contribution in [3.8, 4) is 0 Å². The van der Waals surface area contributed by atoms with Gasteiger partial charge in [-0.1, -0.05) is 6.92 Å². The van der Waals surface area contributed by atoms with Crippen LogP contribution in [0, 0.1) is 0 Å². The van der Waals surface area contributed by atoms with Gasteiger partial charge in [0.1, 0.15) is 0 Å². The molecular weight excluding hydrogens is 142 g/mol. The standard InChI is InChI=1S/C2H5O.CH2O3.3H3N/c1-2-3;2-1(3)4;;;/h2H2,1H3;(H2,2,3,4);3*1H3/q-1;;;;/p+1. The van der Waals surface area contributed by atoms with Crippen molar-refractivity contribution in [2.45, 2.75) is 6.92 Å². The van der Waals surface area contributed by atoms with Crippen LogP contribution >= 0.6 is 0 Å². The van der Waals surface area contributed by atoms with Gasteiger partial charge in [-0.3, -0.25) is 0 Å². The first-order valence-corrected chi connectivity index (χ1v) is 1.61. The normalized spacial score (nSPS) is 4.20. The van der Waals surface area contributed by atoms with Gasteiger partial charge in [-0.05, 0) is 6.16 Å². The van der Waals surface area contributed by atoms with Crippen molar-refractivity contribution in [1.82, 2.24) is 18.5 Å². The van der Waals surface area contributed by atoms with E-state index in [1.807, 2.05) is 0 Å². The molecule has 7 nitrogen and oxygen atoms in total. The van der Waals surface area contributed by atoms with E-state index in [-0.39, 0.29) is 25.1 Å². The van der Waals surface area contributed by atoms with Gasteiger partial charge in [-0.15, -0.1) is 6.61 Å². The molecule has 0 spiro atoms. The second-order valence-electron chi connectivity index (χ2n) is 0.539. The van der Waals surface area contributed by atoms with E-state index in [2.05, 4.69) is 0 Å². The van der Waals surface area contributed by atoms with Crippen molar-refractivity contribution in [3.63, 3.8) is 0 Å². The SMILES string of the molecule is CC[O-].O=C([O-])[O-].[NH4+].[NH4+].[NH4+]. The average Bonchev–Trinajstić information content (AvgIpc) is 1.33. The van der Waals surface area contributed by atoms with Crippen LogP contribution in [0.15, 0.2) is 0 Å². The average molecular weight is 159 g/mol. The molecule has 0 amide bonds. The minimum Gasteiger partial charge on any atom is -0.855 e. The molecule has 68 valence electrons. The molecule has 0 rings (SSSR count). The number of carbonyl (C=O) groups is 1. The number of quaternary nitrogens is 3. The van der Waals surface area contributed by atoms with Gasteiger partial charge in [0.2, 0.25) is 0 Å². The molecule has 0 heterocycles. The monoisotopic (exact) mass is 159 g/mol. The molecule has 0 aromatic carbocycles. The van der Waals surface area contributed by atoms with E-state index in [9.17, 15) is 0 Å². The van der Waals surface area contributed by atoms with Crippen LogP contribution in [0.4, 0.5) is 4.79 Å². The Kier molecular flexibility index (Phi) is 150. The maximum atomic E-state index is 8.93. The highest BCUT2D eigenvalue weighted by molar-refractivity contribution is 5.47. The lowest BCUT2D eigenvalue weighted by Crippen LogP contribution is -2.37. The summed E-state index contributed by atoms with van der Waals surface area (Å²) in [6, 6.07) is 0. The molecule has 0 aromatic rings. The zero-order valence-electron chi connectivity index (χ0n) is 6.84. The molecule has 0 aliphatic carbocycles. The summed E-state index contributed by atoms with van der Waals surface area (Å²) in [6.07, 6.45) is -2.33. The molecule has 7 heteroatoms. The van der Waals surface area contributed by atoms with Crippen LogP contribution in [-0.4, -0.2) is 12.8 Å². The highest BCUT2D eigenvalue weighted by Gasteiger charge is 1.26. The number of hydrogen-bond acceptors (Lipinski definition) is 4. The number of rotatable bonds is 0. The van der Waals surface area contributed by atoms with E-state index in [1.54, 1.807) is 6.92 Å². The maximum absolute atomic E-state index is 8.93. The number of hydrogen-bond donors (Lipinski definition) is 3. The van der Waals surface area contributed by atoms with Crippen molar-refractivity contribution >= 4 is 6.16 Å². The number of carboxylic acid groups (broad SMARTS) is 2. The Balaban J connectivity index is -0.0000000131. The van der Waals surface area contributed by atoms with Gasteiger partial charge in [-0.25, -0.2) is 0 Å². The highest BCUT2D eigenvalue weighted by atomic mass is 16.6. The minimum absolute atomic E-state index is 0. The van der Waals surface area contributed by atoms with Crippen LogP contribution in [-0.2, 0) is 0 Å². The van der Waals surface area contributed by atoms with Crippen LogP contribution in [0.2, 0.25) is 0 Å². The molecule has 12 N–H and O–H groups in total. The summed E-state index contributed by atoms with van der Waals surface area (Å²) in [4.78, 5) is 8.33. The molecule has 0 unspecified atom stereocenters. The molecule has 0 saturated carbocycles. The molecule has 0 aliphatic heterocycles. The first-order valence-electron chi connectivity index (χ1n) is 1.61. The van der Waals surface area contributed by atoms with Crippen molar-refractivity contribution in [3.05, 3.63) is 0 Å². The summed E-state index contributed by atoms with van der Waals surface area (Å²) >= 11 is 0. The van der Waals surface area contributed by atoms with Crippen LogP contribution in [0.1, 0.15) is 6.92 Å². The van der Waals surface area contributed by atoms with E-state index < -0.39 is 6.16 Å². The summed E-state index contributed by atoms with van der Waals surface area (Å²) in [7, 11) is 0. The lowest BCUT2D eigenvalue weighted by molar-refractivity contribution is -0.415. The zero-order valence-corrected chi connectivity index (χ0v) is 6.84. The largest absolute Gasteiger partial charge is 0.855 e. The van der Waals surface area contributed by atoms with Gasteiger partial charge in [0, 0.05) is 0 Å². The van der Waals surface area contributed by atoms with E-state index in [0.717, 1.165) is 0 Å². The van der Waals surface area contributed by atoms with Crippen molar-refractivity contribution in [2.75, 3.05) is 6.61 Å². The van der Waals surface area contributed by atoms with Crippen molar-refractivity contribution in [1.29, 1.82) is 0 Å². The summed E-state index contributed by atoms with van der Waals surface area (Å²) in [5.74, 6) is 0. The van der Waals surface area contributed by atoms with Crippen LogP contribution in [0.5, 0.6) is 0 Å². The van der Waals surface area contributed by atoms with Gasteiger partial charge in [0.25, 0.3) is 0 Å². The predicted molar refractivity (Wildman–Crippen MR) is 33.9 cm³/mol. The lowest BCUT2D eigenvalue weighted by Gasteiger charge is -1.96. The molecule has 0 saturated heterocycles. The molecule has 0 fully saturated rings. The fourth-order valence-electron chi connectivity index (χ4n) is 0. The van der Waals surface area contributed by atoms with Crippen LogP contribution < -0.4 is 33.8 Å². The Bertz CT molecular complexity index is 47.0. The fraction of sp³-hybridized carbons (Fsp3) is 0.667. The molecule has 10 heavy (non-hydrogen) atoms. The van der Waals surface area contributed by atoms with Gasteiger partial charge < -0.3 is 38.6 Å². The molecule has 0 aliphatic rings. The summed E-state index contributed by atoms with van der Waals surface area (Å²) in [5, 5.41) is 25.6. The Hall–Kier alpha value is -0.890. The van der Waals surface area contributed by atoms with Gasteiger partial charge in [-0.2, -0.15) is 0 Å². The molecule has 0 radical (unpaired) electrons. The quantitative estimate of drug-likeness (QED) is 0.369. The Morgan fingerprint density at radius 3 is 1.20 bits per heavy atom. The Morgan fingerprint density at radius 2 is 1.20 bits per heavy atom. The smallest absolute Gasteiger partial charge is 0.0431 e. The molecule has 0 bridgehead atoms. The summed E-state index contributed by atoms with van der Waals surface area (Å²) < 4.78 is 0. The van der Waals surface area contributed by atoms with Gasteiger partial charge in [0.05, 0.1) is 0 Å². The highest BCUT2D eigenvalue weighted by Crippen LogP contribution is 1.21. The van der Waals surface area contributed by atoms with Crippen LogP contribution in [0.3, 0.4) is 0 Å². The third kappa shape index (κ3) is 335. The Morgan fingerprint density at radius 1 is 1.20 bits per heavy atom. The molecular formula is C3H17N3O4. The van der Waals surface area contributed by atoms with Crippen molar-refractivity contribution < 1.29 is 20.1 Å². The second-order valence-corrected chi connectivity index (χ2v) is 0.539. The zero-order chi connectivity index (χ0) is 6.28. The first-order chi connectivity index (χ1) is 3.15. The minimum atomic E-state index is -2.33. The third-order valence-electron chi connectivity index (χ3n) is 0. The van der Waals surface area contributed by atoms with E-state index in [4.69, 9.17) is 20.1 Å². The second kappa shape index (κ2) is 42.4. The maximum Gasteiger partial charge on any atom is -0.0431 e. The van der Waals surface area contributed by atoms with Gasteiger partial charge >= 0.3 is 0 Å². The predicted octanol–water partition coefficient (Wildman–Crippen LogP) is -1.95. The van der Waals surface area contributed by atoms with Gasteiger partial charge in [0.15, 0.2) is 0 Å². The third-order valence-corrected chi connectivity index (χ3v) is 0. The number of carbonyl (C=O) groups excluding carboxylic acids is 1. The van der Waals surface area contributed by atoms with E-state index in [0.29, 0.717) is 0 Å². The topological polar surface area (TPSA) is 196 Å². The van der Waals surface area contributed by atoms with E-state index >= 15 is 0 Å².